The van der Waals surface area contributed by atoms with E-state index in [0.29, 0.717) is 18.9 Å². The summed E-state index contributed by atoms with van der Waals surface area (Å²) < 4.78 is 0. The first-order valence-corrected chi connectivity index (χ1v) is 9.48. The number of carbonyl (C=O) groups excluding carboxylic acids is 2. The number of nitrogens with zero attached hydrogens (tertiary/aromatic N) is 1. The predicted molar refractivity (Wildman–Crippen MR) is 101 cm³/mol. The van der Waals surface area contributed by atoms with Gasteiger partial charge in [0.25, 0.3) is 0 Å². The van der Waals surface area contributed by atoms with Gasteiger partial charge in [0.05, 0.1) is 11.8 Å². The van der Waals surface area contributed by atoms with Crippen LogP contribution in [-0.4, -0.2) is 31.4 Å². The number of hydrogen-bond donors (Lipinski definition) is 2. The molecule has 1 aliphatic carbocycles. The lowest BCUT2D eigenvalue weighted by molar-refractivity contribution is -0.125. The highest BCUT2D eigenvalue weighted by Crippen LogP contribution is 2.39. The van der Waals surface area contributed by atoms with Gasteiger partial charge in [0, 0.05) is 31.0 Å². The summed E-state index contributed by atoms with van der Waals surface area (Å²) >= 11 is 0. The highest BCUT2D eigenvalue weighted by atomic mass is 16.2. The van der Waals surface area contributed by atoms with Gasteiger partial charge in [-0.1, -0.05) is 13.8 Å². The molecule has 0 spiro atoms. The van der Waals surface area contributed by atoms with Crippen LogP contribution in [-0.2, 0) is 9.59 Å². The van der Waals surface area contributed by atoms with Crippen LogP contribution in [0.2, 0.25) is 0 Å². The molecule has 2 amide bonds. The van der Waals surface area contributed by atoms with Gasteiger partial charge in [-0.2, -0.15) is 0 Å². The van der Waals surface area contributed by atoms with E-state index in [9.17, 15) is 9.59 Å². The van der Waals surface area contributed by atoms with Gasteiger partial charge in [-0.3, -0.25) is 9.59 Å². The lowest BCUT2D eigenvalue weighted by Crippen LogP contribution is -2.30. The lowest BCUT2D eigenvalue weighted by Gasteiger charge is -2.28. The Labute approximate surface area is 150 Å². The fraction of sp³-hybridized carbons (Fsp3) is 0.600. The molecule has 5 nitrogen and oxygen atoms in total. The van der Waals surface area contributed by atoms with E-state index >= 15 is 0 Å². The summed E-state index contributed by atoms with van der Waals surface area (Å²) in [6, 6.07) is 8.05. The number of piperidine rings is 1. The Hall–Kier alpha value is -2.04. The summed E-state index contributed by atoms with van der Waals surface area (Å²) in [5.74, 6) is 0.0402. The molecule has 1 aromatic rings. The van der Waals surface area contributed by atoms with Crippen molar-refractivity contribution in [2.75, 3.05) is 29.9 Å². The number of hydrogen-bond acceptors (Lipinski definition) is 3. The van der Waals surface area contributed by atoms with Crippen LogP contribution in [0, 0.1) is 17.8 Å². The smallest absolute Gasteiger partial charge is 0.228 e. The quantitative estimate of drug-likeness (QED) is 0.835. The summed E-state index contributed by atoms with van der Waals surface area (Å²) in [6.07, 6.45) is 4.47. The second-order valence-electron chi connectivity index (χ2n) is 7.67. The van der Waals surface area contributed by atoms with Crippen molar-refractivity contribution in [2.24, 2.45) is 17.8 Å². The molecule has 1 aliphatic heterocycles. The minimum absolute atomic E-state index is 0.00861. The molecule has 1 aromatic carbocycles. The molecule has 0 bridgehead atoms. The highest BCUT2D eigenvalue weighted by molar-refractivity contribution is 5.99. The first-order chi connectivity index (χ1) is 12.0. The van der Waals surface area contributed by atoms with Gasteiger partial charge in [0.2, 0.25) is 11.8 Å². The van der Waals surface area contributed by atoms with E-state index in [4.69, 9.17) is 0 Å². The van der Waals surface area contributed by atoms with Crippen LogP contribution >= 0.6 is 0 Å². The van der Waals surface area contributed by atoms with Crippen LogP contribution in [0.15, 0.2) is 24.3 Å². The summed E-state index contributed by atoms with van der Waals surface area (Å²) in [4.78, 5) is 26.7. The van der Waals surface area contributed by atoms with Crippen LogP contribution in [0.1, 0.15) is 39.5 Å². The standard InChI is InChI=1S/C20H29N3O2/c1-14(2)13-21-19(24)17-12-18(17)20(25)22-15-6-8-16(9-7-15)23-10-4-3-5-11-23/h6-9,14,17-18H,3-5,10-13H2,1-2H3,(H,21,24)(H,22,25). The van der Waals surface area contributed by atoms with Crippen molar-refractivity contribution in [1.29, 1.82) is 0 Å². The van der Waals surface area contributed by atoms with Crippen molar-refractivity contribution >= 4 is 23.2 Å². The minimum atomic E-state index is -0.186. The molecular weight excluding hydrogens is 314 g/mol. The summed E-state index contributed by atoms with van der Waals surface area (Å²) in [5, 5.41) is 5.86. The van der Waals surface area contributed by atoms with Gasteiger partial charge < -0.3 is 15.5 Å². The van der Waals surface area contributed by atoms with Crippen molar-refractivity contribution in [3.05, 3.63) is 24.3 Å². The third-order valence-corrected chi connectivity index (χ3v) is 5.00. The van der Waals surface area contributed by atoms with Gasteiger partial charge in [-0.15, -0.1) is 0 Å². The highest BCUT2D eigenvalue weighted by Gasteiger charge is 2.47. The van der Waals surface area contributed by atoms with Crippen molar-refractivity contribution in [2.45, 2.75) is 39.5 Å². The first kappa shape index (κ1) is 17.8. The topological polar surface area (TPSA) is 61.4 Å². The van der Waals surface area contributed by atoms with Crippen molar-refractivity contribution < 1.29 is 9.59 Å². The van der Waals surface area contributed by atoms with E-state index in [1.807, 2.05) is 12.1 Å². The van der Waals surface area contributed by atoms with Crippen LogP contribution in [0.25, 0.3) is 0 Å². The van der Waals surface area contributed by atoms with Crippen molar-refractivity contribution in [3.63, 3.8) is 0 Å². The molecule has 136 valence electrons. The molecule has 2 unspecified atom stereocenters. The Morgan fingerprint density at radius 3 is 2.32 bits per heavy atom. The Morgan fingerprint density at radius 2 is 1.68 bits per heavy atom. The van der Waals surface area contributed by atoms with E-state index < -0.39 is 0 Å². The zero-order chi connectivity index (χ0) is 17.8. The molecule has 2 atom stereocenters. The summed E-state index contributed by atoms with van der Waals surface area (Å²) in [7, 11) is 0. The molecule has 0 radical (unpaired) electrons. The van der Waals surface area contributed by atoms with Crippen molar-refractivity contribution in [1.82, 2.24) is 5.32 Å². The fourth-order valence-corrected chi connectivity index (χ4v) is 3.35. The van der Waals surface area contributed by atoms with Crippen LogP contribution in [0.5, 0.6) is 0 Å². The Kier molecular flexibility index (Phi) is 5.61. The summed E-state index contributed by atoms with van der Waals surface area (Å²) in [5.41, 5.74) is 2.02. The normalized spacial score (nSPS) is 22.6. The van der Waals surface area contributed by atoms with E-state index in [2.05, 4.69) is 41.5 Å². The van der Waals surface area contributed by atoms with E-state index in [-0.39, 0.29) is 23.7 Å². The third kappa shape index (κ3) is 4.74. The molecular formula is C20H29N3O2. The maximum absolute atomic E-state index is 12.3. The average molecular weight is 343 g/mol. The Morgan fingerprint density at radius 1 is 1.04 bits per heavy atom. The molecule has 25 heavy (non-hydrogen) atoms. The van der Waals surface area contributed by atoms with Gasteiger partial charge in [0.1, 0.15) is 0 Å². The first-order valence-electron chi connectivity index (χ1n) is 9.48. The molecule has 2 N–H and O–H groups in total. The minimum Gasteiger partial charge on any atom is -0.372 e. The molecule has 0 aromatic heterocycles. The number of benzene rings is 1. The number of rotatable bonds is 6. The molecule has 5 heteroatoms. The van der Waals surface area contributed by atoms with Crippen LogP contribution in [0.3, 0.4) is 0 Å². The Bertz CT molecular complexity index is 606. The van der Waals surface area contributed by atoms with E-state index in [1.165, 1.54) is 24.9 Å². The monoisotopic (exact) mass is 343 g/mol. The number of carbonyl (C=O) groups is 2. The SMILES string of the molecule is CC(C)CNC(=O)C1CC1C(=O)Nc1ccc(N2CCCCC2)cc1. The molecule has 2 fully saturated rings. The zero-order valence-electron chi connectivity index (χ0n) is 15.3. The molecule has 1 saturated carbocycles. The Balaban J connectivity index is 1.48. The number of amides is 2. The molecule has 1 heterocycles. The second-order valence-corrected chi connectivity index (χ2v) is 7.67. The summed E-state index contributed by atoms with van der Waals surface area (Å²) in [6.45, 7) is 7.01. The predicted octanol–water partition coefficient (Wildman–Crippen LogP) is 3.02. The van der Waals surface area contributed by atoms with Gasteiger partial charge in [-0.05, 0) is 55.9 Å². The van der Waals surface area contributed by atoms with Crippen LogP contribution in [0.4, 0.5) is 11.4 Å². The van der Waals surface area contributed by atoms with Crippen molar-refractivity contribution in [3.8, 4) is 0 Å². The maximum Gasteiger partial charge on any atom is 0.228 e. The largest absolute Gasteiger partial charge is 0.372 e. The molecule has 2 aliphatic rings. The molecule has 1 saturated heterocycles. The molecule has 3 rings (SSSR count). The van der Waals surface area contributed by atoms with E-state index in [0.717, 1.165) is 18.8 Å². The average Bonchev–Trinajstić information content (AvgIpc) is 3.42. The zero-order valence-corrected chi connectivity index (χ0v) is 15.3. The van der Waals surface area contributed by atoms with E-state index in [1.54, 1.807) is 0 Å². The van der Waals surface area contributed by atoms with Crippen LogP contribution < -0.4 is 15.5 Å². The van der Waals surface area contributed by atoms with Gasteiger partial charge in [0.15, 0.2) is 0 Å². The number of nitrogens with one attached hydrogen (secondary N) is 2. The fourth-order valence-electron chi connectivity index (χ4n) is 3.35. The van der Waals surface area contributed by atoms with Gasteiger partial charge >= 0.3 is 0 Å². The second kappa shape index (κ2) is 7.89. The number of anilines is 2. The van der Waals surface area contributed by atoms with Gasteiger partial charge in [-0.25, -0.2) is 0 Å². The lowest BCUT2D eigenvalue weighted by atomic mass is 10.1. The third-order valence-electron chi connectivity index (χ3n) is 5.00. The maximum atomic E-state index is 12.3.